The van der Waals surface area contributed by atoms with Gasteiger partial charge in [-0.2, -0.15) is 0 Å². The molecule has 1 aliphatic rings. The molecule has 2 rings (SSSR count). The standard InChI is InChI=1S/C16H22FNO3/c1-15(2,14(19)20)16(3,4)18-9-12-8-10-7-11(17)5-6-13(10)21-12/h5-7,12,18H,8-9H2,1-4H3,(H,19,20). The molecule has 0 aliphatic carbocycles. The molecule has 0 bridgehead atoms. The zero-order valence-electron chi connectivity index (χ0n) is 12.9. The van der Waals surface area contributed by atoms with Crippen LogP contribution in [0.2, 0.25) is 0 Å². The normalized spacial score (nSPS) is 18.2. The molecule has 1 heterocycles. The minimum absolute atomic E-state index is 0.106. The van der Waals surface area contributed by atoms with Gasteiger partial charge >= 0.3 is 5.97 Å². The highest BCUT2D eigenvalue weighted by Crippen LogP contribution is 2.32. The number of rotatable bonds is 5. The number of carboxylic acid groups (broad SMARTS) is 1. The molecule has 0 saturated heterocycles. The van der Waals surface area contributed by atoms with Crippen LogP contribution in [0.15, 0.2) is 18.2 Å². The van der Waals surface area contributed by atoms with Crippen molar-refractivity contribution in [2.24, 2.45) is 5.41 Å². The van der Waals surface area contributed by atoms with Crippen LogP contribution in [-0.2, 0) is 11.2 Å². The summed E-state index contributed by atoms with van der Waals surface area (Å²) in [5, 5.41) is 12.6. The molecule has 0 fully saturated rings. The third kappa shape index (κ3) is 3.02. The van der Waals surface area contributed by atoms with Crippen LogP contribution in [0.4, 0.5) is 4.39 Å². The molecule has 2 N–H and O–H groups in total. The van der Waals surface area contributed by atoms with Crippen LogP contribution in [0.3, 0.4) is 0 Å². The average Bonchev–Trinajstić information content (AvgIpc) is 2.78. The fourth-order valence-corrected chi connectivity index (χ4v) is 2.26. The monoisotopic (exact) mass is 295 g/mol. The Balaban J connectivity index is 1.98. The van der Waals surface area contributed by atoms with Gasteiger partial charge < -0.3 is 15.2 Å². The van der Waals surface area contributed by atoms with Crippen LogP contribution >= 0.6 is 0 Å². The van der Waals surface area contributed by atoms with Gasteiger partial charge in [0, 0.05) is 24.1 Å². The Kier molecular flexibility index (Phi) is 3.97. The number of ether oxygens (including phenoxy) is 1. The highest BCUT2D eigenvalue weighted by Gasteiger charge is 2.43. The molecule has 0 spiro atoms. The van der Waals surface area contributed by atoms with E-state index in [1.54, 1.807) is 19.9 Å². The smallest absolute Gasteiger partial charge is 0.310 e. The van der Waals surface area contributed by atoms with Gasteiger partial charge in [0.15, 0.2) is 0 Å². The molecule has 1 aromatic carbocycles. The molecule has 5 heteroatoms. The van der Waals surface area contributed by atoms with Crippen LogP contribution < -0.4 is 10.1 Å². The third-order valence-corrected chi connectivity index (χ3v) is 4.63. The van der Waals surface area contributed by atoms with Crippen LogP contribution in [0.1, 0.15) is 33.3 Å². The Morgan fingerprint density at radius 1 is 1.43 bits per heavy atom. The van der Waals surface area contributed by atoms with E-state index in [0.717, 1.165) is 5.56 Å². The van der Waals surface area contributed by atoms with Crippen molar-refractivity contribution >= 4 is 5.97 Å². The first-order valence-corrected chi connectivity index (χ1v) is 7.07. The third-order valence-electron chi connectivity index (χ3n) is 4.63. The maximum atomic E-state index is 13.2. The number of hydrogen-bond donors (Lipinski definition) is 2. The van der Waals surface area contributed by atoms with E-state index in [4.69, 9.17) is 4.74 Å². The Morgan fingerprint density at radius 2 is 2.10 bits per heavy atom. The van der Waals surface area contributed by atoms with Gasteiger partial charge in [-0.3, -0.25) is 4.79 Å². The molecule has 0 amide bonds. The molecular weight excluding hydrogens is 273 g/mol. The second-order valence-corrected chi connectivity index (χ2v) is 6.63. The van der Waals surface area contributed by atoms with Gasteiger partial charge in [-0.05, 0) is 45.9 Å². The lowest BCUT2D eigenvalue weighted by molar-refractivity contribution is -0.151. The molecule has 116 valence electrons. The van der Waals surface area contributed by atoms with Gasteiger partial charge in [0.2, 0.25) is 0 Å². The summed E-state index contributed by atoms with van der Waals surface area (Å²) in [6.45, 7) is 7.63. The van der Waals surface area contributed by atoms with Crippen molar-refractivity contribution in [2.75, 3.05) is 6.54 Å². The number of nitrogens with one attached hydrogen (secondary N) is 1. The quantitative estimate of drug-likeness (QED) is 0.876. The molecule has 1 atom stereocenters. The van der Waals surface area contributed by atoms with Gasteiger partial charge in [-0.15, -0.1) is 0 Å². The molecule has 4 nitrogen and oxygen atoms in total. The topological polar surface area (TPSA) is 58.6 Å². The molecular formula is C16H22FNO3. The van der Waals surface area contributed by atoms with E-state index in [-0.39, 0.29) is 11.9 Å². The second-order valence-electron chi connectivity index (χ2n) is 6.63. The minimum Gasteiger partial charge on any atom is -0.488 e. The summed E-state index contributed by atoms with van der Waals surface area (Å²) in [5.74, 6) is -0.408. The fraction of sp³-hybridized carbons (Fsp3) is 0.562. The van der Waals surface area contributed by atoms with Gasteiger partial charge in [0.1, 0.15) is 17.7 Å². The zero-order valence-corrected chi connectivity index (χ0v) is 12.9. The van der Waals surface area contributed by atoms with E-state index in [0.29, 0.717) is 18.7 Å². The van der Waals surface area contributed by atoms with Gasteiger partial charge in [-0.1, -0.05) is 0 Å². The average molecular weight is 295 g/mol. The number of halogens is 1. The van der Waals surface area contributed by atoms with E-state index in [1.165, 1.54) is 12.1 Å². The summed E-state index contributed by atoms with van der Waals surface area (Å²) in [6, 6.07) is 4.50. The van der Waals surface area contributed by atoms with Crippen LogP contribution in [0, 0.1) is 11.2 Å². The van der Waals surface area contributed by atoms with Gasteiger partial charge in [0.25, 0.3) is 0 Å². The molecule has 21 heavy (non-hydrogen) atoms. The predicted molar refractivity (Wildman–Crippen MR) is 78.0 cm³/mol. The number of hydrogen-bond acceptors (Lipinski definition) is 3. The lowest BCUT2D eigenvalue weighted by Gasteiger charge is -2.39. The molecule has 1 aromatic rings. The molecule has 0 saturated carbocycles. The summed E-state index contributed by atoms with van der Waals surface area (Å²) in [4.78, 5) is 11.4. The minimum atomic E-state index is -0.912. The number of fused-ring (bicyclic) bond motifs is 1. The van der Waals surface area contributed by atoms with Crippen molar-refractivity contribution in [3.05, 3.63) is 29.6 Å². The van der Waals surface area contributed by atoms with Crippen LogP contribution in [0.25, 0.3) is 0 Å². The summed E-state index contributed by atoms with van der Waals surface area (Å²) in [7, 11) is 0. The predicted octanol–water partition coefficient (Wildman–Crippen LogP) is 2.61. The summed E-state index contributed by atoms with van der Waals surface area (Å²) < 4.78 is 18.9. The van der Waals surface area contributed by atoms with Gasteiger partial charge in [-0.25, -0.2) is 4.39 Å². The maximum Gasteiger partial charge on any atom is 0.310 e. The molecule has 1 aliphatic heterocycles. The summed E-state index contributed by atoms with van der Waals surface area (Å²) in [5.41, 5.74) is -0.649. The number of benzene rings is 1. The van der Waals surface area contributed by atoms with Crippen molar-refractivity contribution in [1.82, 2.24) is 5.32 Å². The number of carbonyl (C=O) groups is 1. The Morgan fingerprint density at radius 3 is 2.71 bits per heavy atom. The number of carboxylic acids is 1. The SMILES string of the molecule is CC(C)(NCC1Cc2cc(F)ccc2O1)C(C)(C)C(=O)O. The Bertz CT molecular complexity index is 554. The van der Waals surface area contributed by atoms with Crippen molar-refractivity contribution in [1.29, 1.82) is 0 Å². The molecule has 0 radical (unpaired) electrons. The van der Waals surface area contributed by atoms with Crippen LogP contribution in [0.5, 0.6) is 5.75 Å². The Labute approximate surface area is 124 Å². The first-order valence-electron chi connectivity index (χ1n) is 7.07. The highest BCUT2D eigenvalue weighted by molar-refractivity contribution is 5.75. The van der Waals surface area contributed by atoms with E-state index in [1.807, 2.05) is 13.8 Å². The van der Waals surface area contributed by atoms with Gasteiger partial charge in [0.05, 0.1) is 5.41 Å². The first kappa shape index (κ1) is 15.8. The lowest BCUT2D eigenvalue weighted by atomic mass is 9.74. The lowest BCUT2D eigenvalue weighted by Crippen LogP contribution is -2.56. The molecule has 0 aromatic heterocycles. The Hall–Kier alpha value is -1.62. The van der Waals surface area contributed by atoms with Crippen molar-refractivity contribution in [3.63, 3.8) is 0 Å². The van der Waals surface area contributed by atoms with E-state index < -0.39 is 16.9 Å². The first-order chi connectivity index (χ1) is 9.63. The van der Waals surface area contributed by atoms with E-state index in [9.17, 15) is 14.3 Å². The largest absolute Gasteiger partial charge is 0.488 e. The summed E-state index contributed by atoms with van der Waals surface area (Å²) >= 11 is 0. The fourth-order valence-electron chi connectivity index (χ4n) is 2.26. The van der Waals surface area contributed by atoms with Crippen molar-refractivity contribution in [2.45, 2.75) is 45.8 Å². The van der Waals surface area contributed by atoms with E-state index in [2.05, 4.69) is 5.32 Å². The maximum absolute atomic E-state index is 13.2. The van der Waals surface area contributed by atoms with Crippen molar-refractivity contribution < 1.29 is 19.0 Å². The molecule has 1 unspecified atom stereocenters. The second kappa shape index (κ2) is 5.30. The highest BCUT2D eigenvalue weighted by atomic mass is 19.1. The van der Waals surface area contributed by atoms with E-state index >= 15 is 0 Å². The van der Waals surface area contributed by atoms with Crippen LogP contribution in [-0.4, -0.2) is 29.3 Å². The number of aliphatic carboxylic acids is 1. The zero-order chi connectivity index (χ0) is 15.8. The summed E-state index contributed by atoms with van der Waals surface area (Å²) in [6.07, 6.45) is 0.523. The van der Waals surface area contributed by atoms with Crippen molar-refractivity contribution in [3.8, 4) is 5.75 Å².